The SMILES string of the molecule is CCN(CC)CCN1C(=O)C(=O)C(=C(O)c2ccc3c(c2)C[C@H](C)O3)[C@@H]1c1ccc(OC)cc1. The number of rotatable bonds is 8. The molecule has 1 fully saturated rings. The van der Waals surface area contributed by atoms with Gasteiger partial charge in [-0.2, -0.15) is 0 Å². The van der Waals surface area contributed by atoms with Crippen LogP contribution in [0.15, 0.2) is 48.0 Å². The summed E-state index contributed by atoms with van der Waals surface area (Å²) in [5.74, 6) is 0.0505. The van der Waals surface area contributed by atoms with E-state index in [0.717, 1.165) is 36.4 Å². The summed E-state index contributed by atoms with van der Waals surface area (Å²) in [7, 11) is 1.59. The summed E-state index contributed by atoms with van der Waals surface area (Å²) in [6, 6.07) is 12.0. The van der Waals surface area contributed by atoms with Crippen LogP contribution in [0.5, 0.6) is 11.5 Å². The van der Waals surface area contributed by atoms with E-state index in [1.807, 2.05) is 31.2 Å². The minimum Gasteiger partial charge on any atom is -0.507 e. The lowest BCUT2D eigenvalue weighted by Gasteiger charge is -2.28. The summed E-state index contributed by atoms with van der Waals surface area (Å²) >= 11 is 0. The van der Waals surface area contributed by atoms with Gasteiger partial charge in [-0.25, -0.2) is 0 Å². The third-order valence-electron chi connectivity index (χ3n) is 6.69. The molecule has 34 heavy (non-hydrogen) atoms. The van der Waals surface area contributed by atoms with Gasteiger partial charge in [0, 0.05) is 25.1 Å². The van der Waals surface area contributed by atoms with E-state index in [1.165, 1.54) is 0 Å². The van der Waals surface area contributed by atoms with Gasteiger partial charge >= 0.3 is 0 Å². The Labute approximate surface area is 200 Å². The van der Waals surface area contributed by atoms with Crippen LogP contribution in [-0.4, -0.2) is 66.0 Å². The number of carbonyl (C=O) groups is 2. The minimum absolute atomic E-state index is 0.0670. The molecule has 180 valence electrons. The first-order valence-electron chi connectivity index (χ1n) is 11.8. The van der Waals surface area contributed by atoms with Crippen LogP contribution in [0.1, 0.15) is 43.5 Å². The highest BCUT2D eigenvalue weighted by Crippen LogP contribution is 2.40. The molecule has 0 unspecified atom stereocenters. The normalized spacial score (nSPS) is 21.1. The Morgan fingerprint density at radius 2 is 1.85 bits per heavy atom. The standard InChI is InChI=1S/C27H32N2O5/c1-5-28(6-2)13-14-29-24(18-7-10-21(33-4)11-8-18)23(26(31)27(29)32)25(30)19-9-12-22-20(16-19)15-17(3)34-22/h7-12,16-17,24,30H,5-6,13-15H2,1-4H3/t17-,24-/m0/s1. The first-order valence-corrected chi connectivity index (χ1v) is 11.8. The molecule has 1 amide bonds. The quantitative estimate of drug-likeness (QED) is 0.364. The van der Waals surface area contributed by atoms with Crippen molar-refractivity contribution in [1.82, 2.24) is 9.80 Å². The van der Waals surface area contributed by atoms with Crippen molar-refractivity contribution in [3.8, 4) is 11.5 Å². The zero-order valence-electron chi connectivity index (χ0n) is 20.2. The molecule has 0 radical (unpaired) electrons. The number of nitrogens with zero attached hydrogens (tertiary/aromatic N) is 2. The fraction of sp³-hybridized carbons (Fsp3) is 0.407. The average Bonchev–Trinajstić information content (AvgIpc) is 3.35. The smallest absolute Gasteiger partial charge is 0.295 e. The monoisotopic (exact) mass is 464 g/mol. The Morgan fingerprint density at radius 3 is 2.50 bits per heavy atom. The number of likely N-dealkylation sites (tertiary alicyclic amines) is 1. The molecular weight excluding hydrogens is 432 g/mol. The topological polar surface area (TPSA) is 79.3 Å². The molecule has 2 aromatic rings. The Morgan fingerprint density at radius 1 is 1.15 bits per heavy atom. The fourth-order valence-electron chi connectivity index (χ4n) is 4.76. The molecule has 2 atom stereocenters. The molecule has 2 aromatic carbocycles. The van der Waals surface area contributed by atoms with E-state index < -0.39 is 17.7 Å². The number of benzene rings is 2. The molecule has 2 heterocycles. The lowest BCUT2D eigenvalue weighted by atomic mass is 9.94. The van der Waals surface area contributed by atoms with Gasteiger partial charge in [-0.15, -0.1) is 0 Å². The van der Waals surface area contributed by atoms with Crippen LogP contribution in [0.2, 0.25) is 0 Å². The second-order valence-electron chi connectivity index (χ2n) is 8.75. The molecule has 7 heteroatoms. The predicted octanol–water partition coefficient (Wildman–Crippen LogP) is 3.78. The number of fused-ring (bicyclic) bond motifs is 1. The first-order chi connectivity index (χ1) is 16.4. The van der Waals surface area contributed by atoms with Crippen molar-refractivity contribution >= 4 is 17.4 Å². The zero-order valence-corrected chi connectivity index (χ0v) is 20.2. The number of hydrogen-bond donors (Lipinski definition) is 1. The van der Waals surface area contributed by atoms with Crippen molar-refractivity contribution in [2.24, 2.45) is 0 Å². The highest BCUT2D eigenvalue weighted by molar-refractivity contribution is 6.46. The maximum atomic E-state index is 13.2. The summed E-state index contributed by atoms with van der Waals surface area (Å²) in [6.45, 7) is 8.85. The summed E-state index contributed by atoms with van der Waals surface area (Å²) in [5, 5.41) is 11.3. The lowest BCUT2D eigenvalue weighted by Crippen LogP contribution is -2.38. The Balaban J connectivity index is 1.77. The number of carbonyl (C=O) groups excluding carboxylic acids is 2. The largest absolute Gasteiger partial charge is 0.507 e. The van der Waals surface area contributed by atoms with Gasteiger partial charge in [0.2, 0.25) is 0 Å². The number of aliphatic hydroxyl groups is 1. The maximum Gasteiger partial charge on any atom is 0.295 e. The molecule has 4 rings (SSSR count). The van der Waals surface area contributed by atoms with Gasteiger partial charge in [-0.05, 0) is 61.5 Å². The first kappa shape index (κ1) is 23.8. The number of amides is 1. The molecule has 2 aliphatic heterocycles. The molecule has 0 aromatic heterocycles. The van der Waals surface area contributed by atoms with Crippen LogP contribution >= 0.6 is 0 Å². The summed E-state index contributed by atoms with van der Waals surface area (Å²) in [6.07, 6.45) is 0.800. The lowest BCUT2D eigenvalue weighted by molar-refractivity contribution is -0.140. The molecule has 0 aliphatic carbocycles. The van der Waals surface area contributed by atoms with Crippen molar-refractivity contribution in [1.29, 1.82) is 0 Å². The van der Waals surface area contributed by atoms with Crippen molar-refractivity contribution in [3.63, 3.8) is 0 Å². The van der Waals surface area contributed by atoms with E-state index in [2.05, 4.69) is 18.7 Å². The third kappa shape index (κ3) is 4.40. The molecule has 0 spiro atoms. The number of Topliss-reactive ketones (excluding diaryl/α,β-unsaturated/α-hetero) is 1. The van der Waals surface area contributed by atoms with E-state index in [0.29, 0.717) is 24.4 Å². The Kier molecular flexibility index (Phi) is 6.93. The van der Waals surface area contributed by atoms with E-state index in [1.54, 1.807) is 30.2 Å². The van der Waals surface area contributed by atoms with Crippen molar-refractivity contribution < 1.29 is 24.2 Å². The van der Waals surface area contributed by atoms with Crippen molar-refractivity contribution in [3.05, 3.63) is 64.7 Å². The molecule has 1 saturated heterocycles. The summed E-state index contributed by atoms with van der Waals surface area (Å²) < 4.78 is 11.0. The van der Waals surface area contributed by atoms with Crippen LogP contribution in [0.4, 0.5) is 0 Å². The predicted molar refractivity (Wildman–Crippen MR) is 130 cm³/mol. The van der Waals surface area contributed by atoms with Gasteiger partial charge in [0.15, 0.2) is 0 Å². The molecular formula is C27H32N2O5. The van der Waals surface area contributed by atoms with E-state index in [4.69, 9.17) is 9.47 Å². The van der Waals surface area contributed by atoms with Crippen LogP contribution in [0, 0.1) is 0 Å². The van der Waals surface area contributed by atoms with Crippen molar-refractivity contribution in [2.45, 2.75) is 39.3 Å². The second-order valence-corrected chi connectivity index (χ2v) is 8.75. The van der Waals surface area contributed by atoms with E-state index >= 15 is 0 Å². The van der Waals surface area contributed by atoms with Gasteiger partial charge in [-0.3, -0.25) is 9.59 Å². The zero-order chi connectivity index (χ0) is 24.4. The number of ketones is 1. The molecule has 0 saturated carbocycles. The summed E-state index contributed by atoms with van der Waals surface area (Å²) in [4.78, 5) is 30.2. The molecule has 7 nitrogen and oxygen atoms in total. The summed E-state index contributed by atoms with van der Waals surface area (Å²) in [5.41, 5.74) is 2.35. The van der Waals surface area contributed by atoms with Crippen LogP contribution < -0.4 is 9.47 Å². The van der Waals surface area contributed by atoms with E-state index in [-0.39, 0.29) is 17.4 Å². The van der Waals surface area contributed by atoms with Gasteiger partial charge in [-0.1, -0.05) is 26.0 Å². The number of hydrogen-bond acceptors (Lipinski definition) is 6. The van der Waals surface area contributed by atoms with Gasteiger partial charge in [0.05, 0.1) is 18.7 Å². The highest BCUT2D eigenvalue weighted by Gasteiger charge is 2.46. The number of ether oxygens (including phenoxy) is 2. The second kappa shape index (κ2) is 9.89. The number of likely N-dealkylation sites (N-methyl/N-ethyl adjacent to an activating group) is 1. The van der Waals surface area contributed by atoms with Gasteiger partial charge in [0.1, 0.15) is 23.4 Å². The number of methoxy groups -OCH3 is 1. The van der Waals surface area contributed by atoms with Crippen LogP contribution in [-0.2, 0) is 16.0 Å². The molecule has 2 aliphatic rings. The minimum atomic E-state index is -0.676. The molecule has 1 N–H and O–H groups in total. The highest BCUT2D eigenvalue weighted by atomic mass is 16.5. The Hall–Kier alpha value is -3.32. The van der Waals surface area contributed by atoms with Gasteiger partial charge < -0.3 is 24.4 Å². The Bertz CT molecular complexity index is 1100. The van der Waals surface area contributed by atoms with Crippen LogP contribution in [0.25, 0.3) is 5.76 Å². The number of aliphatic hydroxyl groups excluding tert-OH is 1. The van der Waals surface area contributed by atoms with Crippen LogP contribution in [0.3, 0.4) is 0 Å². The average molecular weight is 465 g/mol. The van der Waals surface area contributed by atoms with Crippen molar-refractivity contribution in [2.75, 3.05) is 33.3 Å². The third-order valence-corrected chi connectivity index (χ3v) is 6.69. The fourth-order valence-corrected chi connectivity index (χ4v) is 4.76. The molecule has 0 bridgehead atoms. The van der Waals surface area contributed by atoms with Gasteiger partial charge in [0.25, 0.3) is 11.7 Å². The van der Waals surface area contributed by atoms with E-state index in [9.17, 15) is 14.7 Å². The maximum absolute atomic E-state index is 13.2.